The minimum absolute atomic E-state index is 0.0127. The van der Waals surface area contributed by atoms with Crippen LogP contribution in [0.15, 0.2) is 24.3 Å². The summed E-state index contributed by atoms with van der Waals surface area (Å²) in [6.45, 7) is 6.14. The Morgan fingerprint density at radius 1 is 1.29 bits per heavy atom. The molecule has 0 fully saturated rings. The zero-order valence-corrected chi connectivity index (χ0v) is 10.6. The molecule has 0 saturated heterocycles. The van der Waals surface area contributed by atoms with Crippen molar-refractivity contribution in [2.24, 2.45) is 0 Å². The van der Waals surface area contributed by atoms with Gasteiger partial charge < -0.3 is 16.0 Å². The van der Waals surface area contributed by atoms with E-state index in [0.29, 0.717) is 6.54 Å². The molecule has 0 heterocycles. The van der Waals surface area contributed by atoms with Gasteiger partial charge in [0.15, 0.2) is 0 Å². The highest BCUT2D eigenvalue weighted by atomic mass is 16.1. The van der Waals surface area contributed by atoms with Crippen LogP contribution in [0, 0.1) is 0 Å². The van der Waals surface area contributed by atoms with Gasteiger partial charge in [-0.1, -0.05) is 6.92 Å². The van der Waals surface area contributed by atoms with Crippen LogP contribution in [0.2, 0.25) is 0 Å². The molecule has 0 unspecified atom stereocenters. The summed E-state index contributed by atoms with van der Waals surface area (Å²) in [5.41, 5.74) is 7.58. The van der Waals surface area contributed by atoms with Crippen molar-refractivity contribution in [3.05, 3.63) is 24.3 Å². The summed E-state index contributed by atoms with van der Waals surface area (Å²) < 4.78 is 0. The van der Waals surface area contributed by atoms with Crippen LogP contribution >= 0.6 is 0 Å². The highest BCUT2D eigenvalue weighted by Gasteiger charge is 2.05. The minimum Gasteiger partial charge on any atom is -0.399 e. The quantitative estimate of drug-likeness (QED) is 0.737. The summed E-state index contributed by atoms with van der Waals surface area (Å²) in [4.78, 5) is 13.1. The van der Waals surface area contributed by atoms with Crippen molar-refractivity contribution in [3.63, 3.8) is 0 Å². The summed E-state index contributed by atoms with van der Waals surface area (Å²) in [5, 5.41) is 2.81. The maximum absolute atomic E-state index is 10.8. The highest BCUT2D eigenvalue weighted by Crippen LogP contribution is 2.16. The number of hydrogen-bond donors (Lipinski definition) is 2. The Morgan fingerprint density at radius 3 is 2.47 bits per heavy atom. The van der Waals surface area contributed by atoms with E-state index < -0.39 is 0 Å². The molecule has 0 radical (unpaired) electrons. The first-order valence-electron chi connectivity index (χ1n) is 5.98. The first-order chi connectivity index (χ1) is 8.13. The van der Waals surface area contributed by atoms with Gasteiger partial charge in [0.2, 0.25) is 5.91 Å². The van der Waals surface area contributed by atoms with Crippen molar-refractivity contribution in [1.82, 2.24) is 5.32 Å². The number of nitrogens with two attached hydrogens (primary N) is 1. The number of carbonyl (C=O) groups excluding carboxylic acids is 1. The summed E-state index contributed by atoms with van der Waals surface area (Å²) in [7, 11) is 0. The van der Waals surface area contributed by atoms with Crippen LogP contribution in [-0.2, 0) is 4.79 Å². The highest BCUT2D eigenvalue weighted by molar-refractivity contribution is 5.72. The number of hydrogen-bond acceptors (Lipinski definition) is 3. The number of benzene rings is 1. The molecule has 1 aromatic carbocycles. The van der Waals surface area contributed by atoms with E-state index in [2.05, 4.69) is 17.1 Å². The van der Waals surface area contributed by atoms with Crippen LogP contribution in [0.25, 0.3) is 0 Å². The number of rotatable bonds is 6. The normalized spacial score (nSPS) is 10.0. The number of anilines is 2. The summed E-state index contributed by atoms with van der Waals surface area (Å²) in [5.74, 6) is 0.0127. The van der Waals surface area contributed by atoms with E-state index in [4.69, 9.17) is 5.73 Å². The van der Waals surface area contributed by atoms with Gasteiger partial charge in [0.25, 0.3) is 0 Å². The van der Waals surface area contributed by atoms with E-state index >= 15 is 0 Å². The molecule has 17 heavy (non-hydrogen) atoms. The Hall–Kier alpha value is -1.71. The van der Waals surface area contributed by atoms with Gasteiger partial charge in [0, 0.05) is 37.9 Å². The average molecular weight is 235 g/mol. The Morgan fingerprint density at radius 2 is 1.94 bits per heavy atom. The Kier molecular flexibility index (Phi) is 5.33. The molecule has 0 spiro atoms. The molecule has 0 aliphatic rings. The lowest BCUT2D eigenvalue weighted by Gasteiger charge is -2.24. The fraction of sp³-hybridized carbons (Fsp3) is 0.462. The molecule has 94 valence electrons. The number of nitrogens with zero attached hydrogens (tertiary/aromatic N) is 1. The first kappa shape index (κ1) is 13.4. The van der Waals surface area contributed by atoms with E-state index in [0.717, 1.165) is 30.9 Å². The lowest BCUT2D eigenvalue weighted by molar-refractivity contribution is -0.118. The topological polar surface area (TPSA) is 58.4 Å². The molecule has 0 atom stereocenters. The van der Waals surface area contributed by atoms with Gasteiger partial charge in [0.05, 0.1) is 0 Å². The van der Waals surface area contributed by atoms with E-state index in [9.17, 15) is 4.79 Å². The molecule has 1 aromatic rings. The summed E-state index contributed by atoms with van der Waals surface area (Å²) in [6.07, 6.45) is 1.07. The van der Waals surface area contributed by atoms with Crippen LogP contribution in [0.3, 0.4) is 0 Å². The van der Waals surface area contributed by atoms with Crippen LogP contribution in [0.5, 0.6) is 0 Å². The van der Waals surface area contributed by atoms with Gasteiger partial charge in [-0.2, -0.15) is 0 Å². The third kappa shape index (κ3) is 4.76. The van der Waals surface area contributed by atoms with Gasteiger partial charge in [-0.3, -0.25) is 4.79 Å². The predicted molar refractivity (Wildman–Crippen MR) is 72.0 cm³/mol. The van der Waals surface area contributed by atoms with Gasteiger partial charge in [0.1, 0.15) is 0 Å². The van der Waals surface area contributed by atoms with E-state index in [1.807, 2.05) is 24.3 Å². The Bertz CT molecular complexity index is 348. The SMILES string of the molecule is CCCN(CCNC(C)=O)c1ccc(N)cc1. The predicted octanol–water partition coefficient (Wildman–Crippen LogP) is 1.62. The van der Waals surface area contributed by atoms with Crippen LogP contribution in [0.4, 0.5) is 11.4 Å². The number of amides is 1. The van der Waals surface area contributed by atoms with Gasteiger partial charge in [-0.25, -0.2) is 0 Å². The fourth-order valence-electron chi connectivity index (χ4n) is 1.69. The third-order valence-electron chi connectivity index (χ3n) is 2.51. The minimum atomic E-state index is 0.0127. The van der Waals surface area contributed by atoms with Gasteiger partial charge in [-0.15, -0.1) is 0 Å². The summed E-state index contributed by atoms with van der Waals surface area (Å²) in [6, 6.07) is 7.82. The maximum Gasteiger partial charge on any atom is 0.216 e. The number of nitrogen functional groups attached to an aromatic ring is 1. The van der Waals surface area contributed by atoms with Gasteiger partial charge >= 0.3 is 0 Å². The molecular weight excluding hydrogens is 214 g/mol. The van der Waals surface area contributed by atoms with E-state index in [1.165, 1.54) is 6.92 Å². The first-order valence-corrected chi connectivity index (χ1v) is 5.98. The maximum atomic E-state index is 10.8. The van der Waals surface area contributed by atoms with Crippen LogP contribution in [-0.4, -0.2) is 25.5 Å². The standard InChI is InChI=1S/C13H21N3O/c1-3-9-16(10-8-15-11(2)17)13-6-4-12(14)5-7-13/h4-7H,3,8-10,14H2,1-2H3,(H,15,17). The average Bonchev–Trinajstić information content (AvgIpc) is 2.29. The second kappa shape index (κ2) is 6.78. The summed E-state index contributed by atoms with van der Waals surface area (Å²) >= 11 is 0. The van der Waals surface area contributed by atoms with E-state index in [1.54, 1.807) is 0 Å². The number of carbonyl (C=O) groups is 1. The fourth-order valence-corrected chi connectivity index (χ4v) is 1.69. The van der Waals surface area contributed by atoms with Crippen LogP contribution in [0.1, 0.15) is 20.3 Å². The lowest BCUT2D eigenvalue weighted by atomic mass is 10.2. The van der Waals surface area contributed by atoms with Crippen molar-refractivity contribution >= 4 is 17.3 Å². The molecule has 0 aromatic heterocycles. The second-order valence-electron chi connectivity index (χ2n) is 4.06. The molecule has 1 amide bonds. The molecule has 0 aliphatic carbocycles. The molecule has 3 N–H and O–H groups in total. The zero-order valence-electron chi connectivity index (χ0n) is 10.6. The van der Waals surface area contributed by atoms with Crippen molar-refractivity contribution in [2.75, 3.05) is 30.3 Å². The van der Waals surface area contributed by atoms with Crippen molar-refractivity contribution in [3.8, 4) is 0 Å². The molecular formula is C13H21N3O. The van der Waals surface area contributed by atoms with Crippen molar-refractivity contribution in [1.29, 1.82) is 0 Å². The van der Waals surface area contributed by atoms with Gasteiger partial charge in [-0.05, 0) is 30.7 Å². The smallest absolute Gasteiger partial charge is 0.216 e. The van der Waals surface area contributed by atoms with Crippen molar-refractivity contribution in [2.45, 2.75) is 20.3 Å². The largest absolute Gasteiger partial charge is 0.399 e. The monoisotopic (exact) mass is 235 g/mol. The molecule has 0 saturated carbocycles. The molecule has 4 heteroatoms. The third-order valence-corrected chi connectivity index (χ3v) is 2.51. The number of nitrogens with one attached hydrogen (secondary N) is 1. The van der Waals surface area contributed by atoms with Crippen molar-refractivity contribution < 1.29 is 4.79 Å². The lowest BCUT2D eigenvalue weighted by Crippen LogP contribution is -2.34. The zero-order chi connectivity index (χ0) is 12.7. The van der Waals surface area contributed by atoms with E-state index in [-0.39, 0.29) is 5.91 Å². The molecule has 4 nitrogen and oxygen atoms in total. The molecule has 0 aliphatic heterocycles. The molecule has 1 rings (SSSR count). The Labute approximate surface area is 103 Å². The van der Waals surface area contributed by atoms with Crippen LogP contribution < -0.4 is 16.0 Å². The second-order valence-corrected chi connectivity index (χ2v) is 4.06. The molecule has 0 bridgehead atoms. The Balaban J connectivity index is 2.58.